The summed E-state index contributed by atoms with van der Waals surface area (Å²) in [5, 5.41) is 15.3. The Morgan fingerprint density at radius 1 is 0.147 bits per heavy atom. The normalized spacial score (nSPS) is 11.6. The number of benzene rings is 21. The van der Waals surface area contributed by atoms with Crippen molar-refractivity contribution in [3.63, 3.8) is 0 Å². The van der Waals surface area contributed by atoms with Crippen LogP contribution in [0.2, 0.25) is 0 Å². The molecule has 9 heterocycles. The molecule has 0 fully saturated rings. The number of rotatable bonds is 15. The van der Waals surface area contributed by atoms with Crippen molar-refractivity contribution < 1.29 is 0 Å². The lowest BCUT2D eigenvalue weighted by molar-refractivity contribution is 1.17. The maximum atomic E-state index is 5.09. The SMILES string of the molecule is c1ccc(-c2cc(-c3ccc(-n4c5ccccc5c5c(-c6ccccc6)cc6sc7ccccc7c6c54)cc3)nc(-c3ccccc3)n2)cc1.c1ccc(-c2cc(-c3ccc(-n4c5ccccc5c5cc(-c6ccccc6)c6sc7ccccc7c6c54)cc3)nc(-c3ccccc3)n2)cc1.c1ccc(-c2ccc3c4ccc5sc6ccccc6c5c4n(-c4ccc(-c5cc(-c6ccccc6)nc(-c6ccccc6)n5)cc4)c3c2)cc1. The largest absolute Gasteiger partial charge is 0.309 e. The molecule has 0 bridgehead atoms. The van der Waals surface area contributed by atoms with Gasteiger partial charge in [-0.25, -0.2) is 29.9 Å². The maximum absolute atomic E-state index is 5.09. The topological polar surface area (TPSA) is 92.1 Å². The van der Waals surface area contributed by atoms with Gasteiger partial charge in [-0.1, -0.05) is 419 Å². The van der Waals surface area contributed by atoms with Crippen LogP contribution in [0.1, 0.15) is 0 Å². The van der Waals surface area contributed by atoms with Crippen molar-refractivity contribution in [2.24, 2.45) is 0 Å². The van der Waals surface area contributed by atoms with Crippen molar-refractivity contribution in [2.45, 2.75) is 0 Å². The Labute approximate surface area is 876 Å². The second-order valence-corrected chi connectivity index (χ2v) is 41.0. The van der Waals surface area contributed by atoms with Crippen molar-refractivity contribution in [2.75, 3.05) is 0 Å². The van der Waals surface area contributed by atoms with Gasteiger partial charge in [-0.05, 0) is 137 Å². The Kier molecular flexibility index (Phi) is 22.3. The average molecular weight is 1970 g/mol. The maximum Gasteiger partial charge on any atom is 0.160 e. The van der Waals surface area contributed by atoms with E-state index in [0.29, 0.717) is 11.6 Å². The second kappa shape index (κ2) is 37.8. The summed E-state index contributed by atoms with van der Waals surface area (Å²) in [7, 11) is 0. The summed E-state index contributed by atoms with van der Waals surface area (Å²) >= 11 is 5.61. The van der Waals surface area contributed by atoms with Gasteiger partial charge in [-0.15, -0.1) is 34.0 Å². The van der Waals surface area contributed by atoms with E-state index >= 15 is 0 Å². The van der Waals surface area contributed by atoms with Crippen molar-refractivity contribution in [1.29, 1.82) is 0 Å². The van der Waals surface area contributed by atoms with Gasteiger partial charge in [0.1, 0.15) is 0 Å². The lowest BCUT2D eigenvalue weighted by atomic mass is 9.97. The van der Waals surface area contributed by atoms with E-state index in [9.17, 15) is 0 Å². The molecule has 0 amide bonds. The summed E-state index contributed by atoms with van der Waals surface area (Å²) in [5.41, 5.74) is 32.8. The molecule has 0 radical (unpaired) electrons. The summed E-state index contributed by atoms with van der Waals surface area (Å²) in [6.45, 7) is 0. The third-order valence-electron chi connectivity index (χ3n) is 28.9. The molecule has 0 aliphatic rings. The van der Waals surface area contributed by atoms with Gasteiger partial charge in [-0.3, -0.25) is 0 Å². The molecule has 21 aromatic carbocycles. The molecule has 0 spiro atoms. The van der Waals surface area contributed by atoms with Gasteiger partial charge >= 0.3 is 0 Å². The van der Waals surface area contributed by atoms with Crippen LogP contribution in [0.25, 0.3) is 278 Å². The predicted octanol–water partition coefficient (Wildman–Crippen LogP) is 37.8. The number of fused-ring (bicyclic) bond motifs is 21. The lowest BCUT2D eigenvalue weighted by Gasteiger charge is -2.13. The molecule has 9 aromatic heterocycles. The van der Waals surface area contributed by atoms with E-state index in [2.05, 4.69) is 469 Å². The summed E-state index contributed by atoms with van der Waals surface area (Å²) in [6, 6.07) is 187. The van der Waals surface area contributed by atoms with Crippen molar-refractivity contribution in [3.8, 4) is 152 Å². The van der Waals surface area contributed by atoms with Gasteiger partial charge in [0.05, 0.1) is 67.3 Å². The number of thiophene rings is 3. The third-order valence-corrected chi connectivity index (χ3v) is 32.3. The minimum absolute atomic E-state index is 0.716. The van der Waals surface area contributed by atoms with Crippen LogP contribution in [0.5, 0.6) is 0 Å². The fraction of sp³-hybridized carbons (Fsp3) is 0. The standard InChI is InChI=1S/3C46H29N3S/c1-4-14-30(15-5-1)37-28-42-44(36-21-11-13-23-41(36)50-42)45-43(37)35-20-10-12-22-40(35)49(45)34-26-24-32(25-27-34)39-29-38(31-16-6-2-7-17-31)47-46(48-39)33-18-8-3-9-19-33;1-4-14-30(15-5-1)37-28-38-35-20-10-12-22-41(35)49(44(38)43-36-21-11-13-23-42(36)50-45(37)43)34-26-24-32(25-27-34)40-29-39(31-16-6-2-7-17-31)47-46(48-40)33-18-8-3-9-19-33;1-4-12-30(13-5-1)34-22-25-36-37-26-27-43-44(38-18-10-11-19-42(38)50-43)45(37)49(41(36)28-34)35-23-20-32(21-24-35)40-29-39(31-14-6-2-7-15-31)47-46(48-40)33-16-8-3-9-17-33/h3*1-29H. The lowest BCUT2D eigenvalue weighted by Crippen LogP contribution is -1.97. The number of aromatic nitrogens is 9. The summed E-state index contributed by atoms with van der Waals surface area (Å²) in [4.78, 5) is 30.2. The first-order valence-corrected chi connectivity index (χ1v) is 53.0. The number of hydrogen-bond donors (Lipinski definition) is 0. The Balaban J connectivity index is 0.000000108. The van der Waals surface area contributed by atoms with E-state index < -0.39 is 0 Å². The highest BCUT2D eigenvalue weighted by Crippen LogP contribution is 2.52. The number of nitrogens with zero attached hydrogens (tertiary/aromatic N) is 9. The summed E-state index contributed by atoms with van der Waals surface area (Å²) in [6.07, 6.45) is 0. The molecule has 30 aromatic rings. The van der Waals surface area contributed by atoms with Gasteiger partial charge in [-0.2, -0.15) is 0 Å². The molecule has 0 aliphatic heterocycles. The Morgan fingerprint density at radius 3 is 0.873 bits per heavy atom. The Morgan fingerprint density at radius 2 is 0.440 bits per heavy atom. The van der Waals surface area contributed by atoms with Crippen molar-refractivity contribution >= 4 is 160 Å². The zero-order chi connectivity index (χ0) is 99.1. The molecular weight excluding hydrogens is 1880 g/mol. The number of hydrogen-bond acceptors (Lipinski definition) is 9. The van der Waals surface area contributed by atoms with E-state index in [4.69, 9.17) is 29.9 Å². The van der Waals surface area contributed by atoms with Crippen LogP contribution in [0.4, 0.5) is 0 Å². The first-order valence-electron chi connectivity index (χ1n) is 50.5. The molecule has 9 nitrogen and oxygen atoms in total. The summed E-state index contributed by atoms with van der Waals surface area (Å²) < 4.78 is 15.2. The fourth-order valence-corrected chi connectivity index (χ4v) is 25.4. The van der Waals surface area contributed by atoms with Gasteiger partial charge in [0.2, 0.25) is 0 Å². The zero-order valence-electron chi connectivity index (χ0n) is 81.0. The molecule has 0 saturated carbocycles. The van der Waals surface area contributed by atoms with Crippen LogP contribution in [0, 0.1) is 0 Å². The Hall–Kier alpha value is -19.1. The van der Waals surface area contributed by atoms with Crippen LogP contribution in [0.15, 0.2) is 528 Å². The summed E-state index contributed by atoms with van der Waals surface area (Å²) in [5.74, 6) is 2.15. The molecule has 0 aliphatic carbocycles. The van der Waals surface area contributed by atoms with Crippen LogP contribution in [0.3, 0.4) is 0 Å². The minimum Gasteiger partial charge on any atom is -0.309 e. The third kappa shape index (κ3) is 15.9. The molecule has 150 heavy (non-hydrogen) atoms. The highest BCUT2D eigenvalue weighted by molar-refractivity contribution is 7.27. The van der Waals surface area contributed by atoms with Crippen molar-refractivity contribution in [3.05, 3.63) is 528 Å². The van der Waals surface area contributed by atoms with E-state index in [-0.39, 0.29) is 0 Å². The Bertz CT molecular complexity index is 10100. The van der Waals surface area contributed by atoms with Gasteiger partial charge in [0.15, 0.2) is 17.5 Å². The van der Waals surface area contributed by atoms with Crippen LogP contribution >= 0.6 is 34.0 Å². The highest BCUT2D eigenvalue weighted by Gasteiger charge is 2.28. The molecule has 0 saturated heterocycles. The van der Waals surface area contributed by atoms with Gasteiger partial charge in [0, 0.05) is 166 Å². The number of para-hydroxylation sites is 2. The first kappa shape index (κ1) is 88.6. The molecule has 0 N–H and O–H groups in total. The highest BCUT2D eigenvalue weighted by atomic mass is 32.1. The average Bonchev–Trinajstić information content (AvgIpc) is 1.55. The molecule has 0 unspecified atom stereocenters. The monoisotopic (exact) mass is 1970 g/mol. The van der Waals surface area contributed by atoms with E-state index in [1.54, 1.807) is 0 Å². The van der Waals surface area contributed by atoms with Crippen LogP contribution < -0.4 is 0 Å². The fourth-order valence-electron chi connectivity index (χ4n) is 21.9. The predicted molar refractivity (Wildman–Crippen MR) is 633 cm³/mol. The van der Waals surface area contributed by atoms with Crippen molar-refractivity contribution in [1.82, 2.24) is 43.6 Å². The molecule has 702 valence electrons. The van der Waals surface area contributed by atoms with Crippen LogP contribution in [-0.2, 0) is 0 Å². The molecule has 12 heteroatoms. The molecule has 0 atom stereocenters. The van der Waals surface area contributed by atoms with E-state index in [0.717, 1.165) is 107 Å². The van der Waals surface area contributed by atoms with E-state index in [1.165, 1.54) is 159 Å². The quantitative estimate of drug-likeness (QED) is 0.102. The smallest absolute Gasteiger partial charge is 0.160 e. The molecule has 30 rings (SSSR count). The first-order chi connectivity index (χ1) is 74.4. The van der Waals surface area contributed by atoms with Gasteiger partial charge in [0.25, 0.3) is 0 Å². The van der Waals surface area contributed by atoms with Crippen LogP contribution in [-0.4, -0.2) is 43.6 Å². The zero-order valence-corrected chi connectivity index (χ0v) is 83.4. The van der Waals surface area contributed by atoms with E-state index in [1.807, 2.05) is 107 Å². The van der Waals surface area contributed by atoms with Gasteiger partial charge < -0.3 is 13.7 Å². The minimum atomic E-state index is 0.716. The second-order valence-electron chi connectivity index (χ2n) is 37.8. The molecular formula is C138H87N9S3.